The Morgan fingerprint density at radius 2 is 1.94 bits per heavy atom. The van der Waals surface area contributed by atoms with Crippen molar-refractivity contribution in [2.24, 2.45) is 0 Å². The van der Waals surface area contributed by atoms with E-state index in [4.69, 9.17) is 16.3 Å². The van der Waals surface area contributed by atoms with Gasteiger partial charge < -0.3 is 15.0 Å². The highest BCUT2D eigenvalue weighted by Gasteiger charge is 2.25. The van der Waals surface area contributed by atoms with Crippen molar-refractivity contribution < 1.29 is 14.3 Å². The molecule has 2 amide bonds. The second-order valence-electron chi connectivity index (χ2n) is 7.19. The molecule has 0 spiro atoms. The quantitative estimate of drug-likeness (QED) is 0.615. The normalized spacial score (nSPS) is 14.3. The van der Waals surface area contributed by atoms with E-state index >= 15 is 0 Å². The van der Waals surface area contributed by atoms with Gasteiger partial charge in [0.1, 0.15) is 11.9 Å². The van der Waals surface area contributed by atoms with Crippen LogP contribution in [0.1, 0.15) is 23.3 Å². The van der Waals surface area contributed by atoms with E-state index in [-0.39, 0.29) is 24.2 Å². The van der Waals surface area contributed by atoms with Crippen LogP contribution >= 0.6 is 11.6 Å². The van der Waals surface area contributed by atoms with Gasteiger partial charge in [0.2, 0.25) is 5.91 Å². The monoisotopic (exact) mass is 439 g/mol. The number of carbonyl (C=O) groups is 2. The Bertz CT molecular complexity index is 1050. The summed E-state index contributed by atoms with van der Waals surface area (Å²) < 4.78 is 5.95. The number of ether oxygens (including phenoxy) is 1. The first-order valence-corrected chi connectivity index (χ1v) is 10.4. The topological polar surface area (TPSA) is 100 Å². The summed E-state index contributed by atoms with van der Waals surface area (Å²) in [6.07, 6.45) is 3.08. The zero-order chi connectivity index (χ0) is 21.6. The highest BCUT2D eigenvalue weighted by atomic mass is 35.5. The number of likely N-dealkylation sites (tertiary alicyclic amines) is 1. The summed E-state index contributed by atoms with van der Waals surface area (Å²) >= 11 is 6.14. The second-order valence-corrected chi connectivity index (χ2v) is 7.60. The number of aromatic nitrogens is 3. The fraction of sp³-hybridized carbons (Fsp3) is 0.273. The van der Waals surface area contributed by atoms with Crippen molar-refractivity contribution in [1.82, 2.24) is 25.4 Å². The molecule has 1 aromatic carbocycles. The lowest BCUT2D eigenvalue weighted by molar-refractivity contribution is -0.131. The van der Waals surface area contributed by atoms with Crippen molar-refractivity contribution in [3.63, 3.8) is 0 Å². The Kier molecular flexibility index (Phi) is 6.47. The number of pyridine rings is 1. The number of aromatic amines is 1. The van der Waals surface area contributed by atoms with Crippen LogP contribution < -0.4 is 10.1 Å². The maximum Gasteiger partial charge on any atom is 0.272 e. The third-order valence-electron chi connectivity index (χ3n) is 5.08. The SMILES string of the molecule is O=C(NCC(=O)N1CCC(Oc2ccccc2Cl)CC1)c1cc(-c2ccccn2)[nH]n1. The number of hydrogen-bond acceptors (Lipinski definition) is 5. The third kappa shape index (κ3) is 5.21. The maximum absolute atomic E-state index is 12.5. The van der Waals surface area contributed by atoms with E-state index in [1.807, 2.05) is 36.4 Å². The van der Waals surface area contributed by atoms with Crippen LogP contribution in [0.2, 0.25) is 5.02 Å². The van der Waals surface area contributed by atoms with Gasteiger partial charge in [-0.3, -0.25) is 19.7 Å². The second kappa shape index (κ2) is 9.61. The van der Waals surface area contributed by atoms with E-state index < -0.39 is 5.91 Å². The molecule has 0 radical (unpaired) electrons. The van der Waals surface area contributed by atoms with Crippen LogP contribution in [-0.2, 0) is 4.79 Å². The van der Waals surface area contributed by atoms with E-state index in [2.05, 4.69) is 20.5 Å². The highest BCUT2D eigenvalue weighted by Crippen LogP contribution is 2.26. The number of amides is 2. The van der Waals surface area contributed by atoms with Gasteiger partial charge in [-0.05, 0) is 30.3 Å². The van der Waals surface area contributed by atoms with E-state index in [9.17, 15) is 9.59 Å². The molecule has 1 fully saturated rings. The third-order valence-corrected chi connectivity index (χ3v) is 5.39. The minimum absolute atomic E-state index is 0.00705. The molecular formula is C22H22ClN5O3. The van der Waals surface area contributed by atoms with Crippen LogP contribution in [0.25, 0.3) is 11.4 Å². The van der Waals surface area contributed by atoms with Gasteiger partial charge in [-0.2, -0.15) is 5.10 Å². The number of halogens is 1. The summed E-state index contributed by atoms with van der Waals surface area (Å²) in [5.41, 5.74) is 1.53. The van der Waals surface area contributed by atoms with Gasteiger partial charge in [-0.15, -0.1) is 0 Å². The molecule has 1 saturated heterocycles. The number of nitrogens with zero attached hydrogens (tertiary/aromatic N) is 3. The largest absolute Gasteiger partial charge is 0.489 e. The molecule has 0 bridgehead atoms. The molecule has 160 valence electrons. The fourth-order valence-corrected chi connectivity index (χ4v) is 3.57. The van der Waals surface area contributed by atoms with Crippen LogP contribution in [0.5, 0.6) is 5.75 Å². The number of piperidine rings is 1. The van der Waals surface area contributed by atoms with Gasteiger partial charge in [-0.1, -0.05) is 29.8 Å². The van der Waals surface area contributed by atoms with Crippen LogP contribution in [-0.4, -0.2) is 57.6 Å². The van der Waals surface area contributed by atoms with Gasteiger partial charge in [0.05, 0.1) is 23.0 Å². The summed E-state index contributed by atoms with van der Waals surface area (Å²) in [5.74, 6) is 0.110. The first-order valence-electron chi connectivity index (χ1n) is 10.0. The molecule has 8 nitrogen and oxygen atoms in total. The standard InChI is InChI=1S/C22H22ClN5O3/c23-16-5-1-2-7-20(16)31-15-8-11-28(12-9-15)21(29)14-25-22(30)19-13-18(26-27-19)17-6-3-4-10-24-17/h1-7,10,13,15H,8-9,11-12,14H2,(H,25,30)(H,26,27). The minimum atomic E-state index is -0.413. The Balaban J connectivity index is 1.24. The molecule has 1 aliphatic rings. The van der Waals surface area contributed by atoms with Crippen molar-refractivity contribution in [1.29, 1.82) is 0 Å². The average Bonchev–Trinajstić information content (AvgIpc) is 3.30. The Morgan fingerprint density at radius 1 is 1.16 bits per heavy atom. The molecule has 3 heterocycles. The molecule has 2 N–H and O–H groups in total. The molecule has 2 aromatic heterocycles. The number of para-hydroxylation sites is 1. The van der Waals surface area contributed by atoms with Crippen molar-refractivity contribution >= 4 is 23.4 Å². The summed E-state index contributed by atoms with van der Waals surface area (Å²) in [4.78, 5) is 30.8. The van der Waals surface area contributed by atoms with Crippen LogP contribution in [0.4, 0.5) is 0 Å². The zero-order valence-corrected chi connectivity index (χ0v) is 17.5. The lowest BCUT2D eigenvalue weighted by Gasteiger charge is -2.32. The number of nitrogens with one attached hydrogen (secondary N) is 2. The Morgan fingerprint density at radius 3 is 2.68 bits per heavy atom. The molecule has 0 atom stereocenters. The van der Waals surface area contributed by atoms with E-state index in [0.717, 1.165) is 0 Å². The molecule has 0 unspecified atom stereocenters. The average molecular weight is 440 g/mol. The van der Waals surface area contributed by atoms with Gasteiger partial charge in [0, 0.05) is 32.1 Å². The molecule has 4 rings (SSSR count). The van der Waals surface area contributed by atoms with Gasteiger partial charge >= 0.3 is 0 Å². The van der Waals surface area contributed by atoms with Crippen molar-refractivity contribution in [3.05, 3.63) is 65.4 Å². The number of rotatable bonds is 6. The predicted molar refractivity (Wildman–Crippen MR) is 116 cm³/mol. The minimum Gasteiger partial charge on any atom is -0.489 e. The molecule has 0 aliphatic carbocycles. The molecular weight excluding hydrogens is 418 g/mol. The molecule has 1 aliphatic heterocycles. The zero-order valence-electron chi connectivity index (χ0n) is 16.8. The van der Waals surface area contributed by atoms with Gasteiger partial charge in [-0.25, -0.2) is 0 Å². The number of H-pyrrole nitrogens is 1. The molecule has 9 heteroatoms. The van der Waals surface area contributed by atoms with Crippen LogP contribution in [0, 0.1) is 0 Å². The summed E-state index contributed by atoms with van der Waals surface area (Å²) in [6.45, 7) is 1.05. The van der Waals surface area contributed by atoms with Crippen LogP contribution in [0.3, 0.4) is 0 Å². The van der Waals surface area contributed by atoms with Gasteiger partial charge in [0.15, 0.2) is 5.69 Å². The predicted octanol–water partition coefficient (Wildman–Crippen LogP) is 2.92. The van der Waals surface area contributed by atoms with Crippen molar-refractivity contribution in [3.8, 4) is 17.1 Å². The number of hydrogen-bond donors (Lipinski definition) is 2. The Hall–Kier alpha value is -3.39. The first-order chi connectivity index (χ1) is 15.1. The van der Waals surface area contributed by atoms with Crippen molar-refractivity contribution in [2.75, 3.05) is 19.6 Å². The van der Waals surface area contributed by atoms with Crippen molar-refractivity contribution in [2.45, 2.75) is 18.9 Å². The highest BCUT2D eigenvalue weighted by molar-refractivity contribution is 6.32. The lowest BCUT2D eigenvalue weighted by atomic mass is 10.1. The molecule has 3 aromatic rings. The maximum atomic E-state index is 12.5. The van der Waals surface area contributed by atoms with E-state index in [0.29, 0.717) is 48.1 Å². The summed E-state index contributed by atoms with van der Waals surface area (Å²) in [7, 11) is 0. The van der Waals surface area contributed by atoms with E-state index in [1.165, 1.54) is 0 Å². The lowest BCUT2D eigenvalue weighted by Crippen LogP contribution is -2.46. The smallest absolute Gasteiger partial charge is 0.272 e. The summed E-state index contributed by atoms with van der Waals surface area (Å²) in [6, 6.07) is 14.4. The molecule has 31 heavy (non-hydrogen) atoms. The first kappa shape index (κ1) is 20.9. The number of carbonyl (C=O) groups excluding carboxylic acids is 2. The van der Waals surface area contributed by atoms with E-state index in [1.54, 1.807) is 23.2 Å². The number of benzene rings is 1. The summed E-state index contributed by atoms with van der Waals surface area (Å²) in [5, 5.41) is 10.0. The Labute approximate surface area is 184 Å². The van der Waals surface area contributed by atoms with Crippen LogP contribution in [0.15, 0.2) is 54.7 Å². The fourth-order valence-electron chi connectivity index (χ4n) is 3.39. The van der Waals surface area contributed by atoms with Gasteiger partial charge in [0.25, 0.3) is 5.91 Å². The molecule has 0 saturated carbocycles.